The second kappa shape index (κ2) is 4.22. The summed E-state index contributed by atoms with van der Waals surface area (Å²) in [4.78, 5) is 4.47. The number of hydrogen-bond acceptors (Lipinski definition) is 1. The van der Waals surface area contributed by atoms with Crippen molar-refractivity contribution >= 4 is 6.21 Å². The van der Waals surface area contributed by atoms with Crippen LogP contribution >= 0.6 is 0 Å². The van der Waals surface area contributed by atoms with Crippen molar-refractivity contribution in [1.82, 2.24) is 0 Å². The van der Waals surface area contributed by atoms with E-state index >= 15 is 0 Å². The van der Waals surface area contributed by atoms with Gasteiger partial charge in [0.05, 0.1) is 6.04 Å². The number of allylic oxidation sites excluding steroid dienone is 3. The first-order valence-corrected chi connectivity index (χ1v) is 4.64. The van der Waals surface area contributed by atoms with Crippen LogP contribution in [0.4, 0.5) is 0 Å². The Morgan fingerprint density at radius 1 is 1.38 bits per heavy atom. The zero-order chi connectivity index (χ0) is 9.73. The van der Waals surface area contributed by atoms with Gasteiger partial charge in [0.2, 0.25) is 0 Å². The molecule has 0 fully saturated rings. The lowest BCUT2D eigenvalue weighted by molar-refractivity contribution is 0.544. The molecule has 0 bridgehead atoms. The van der Waals surface area contributed by atoms with Crippen LogP contribution in [0.5, 0.6) is 0 Å². The zero-order valence-electron chi connectivity index (χ0n) is 8.40. The van der Waals surface area contributed by atoms with Crippen LogP contribution in [0.3, 0.4) is 0 Å². The smallest absolute Gasteiger partial charge is 0.0863 e. The molecule has 13 heavy (non-hydrogen) atoms. The number of rotatable bonds is 4. The molecule has 0 heterocycles. The van der Waals surface area contributed by atoms with Gasteiger partial charge in [-0.05, 0) is 6.42 Å². The minimum Gasteiger partial charge on any atom is -0.285 e. The Bertz CT molecular complexity index is 244. The topological polar surface area (TPSA) is 12.4 Å². The molecule has 1 aliphatic carbocycles. The standard InChI is InChI=1S/C12H17N/c1-4-9-12(2,3)10-13-11-7-5-6-8-11/h4-8,10-11H,1,9H2,2-3H3. The molecule has 1 heteroatoms. The van der Waals surface area contributed by atoms with Crippen molar-refractivity contribution in [2.75, 3.05) is 0 Å². The fourth-order valence-electron chi connectivity index (χ4n) is 1.23. The minimum atomic E-state index is 0.131. The van der Waals surface area contributed by atoms with Crippen LogP contribution in [-0.2, 0) is 0 Å². The van der Waals surface area contributed by atoms with Crippen molar-refractivity contribution in [3.63, 3.8) is 0 Å². The molecular weight excluding hydrogens is 158 g/mol. The monoisotopic (exact) mass is 175 g/mol. The second-order valence-electron chi connectivity index (χ2n) is 4.02. The molecule has 0 aromatic rings. The molecule has 70 valence electrons. The van der Waals surface area contributed by atoms with Crippen molar-refractivity contribution in [3.8, 4) is 0 Å². The summed E-state index contributed by atoms with van der Waals surface area (Å²) in [6.45, 7) is 8.07. The third-order valence-corrected chi connectivity index (χ3v) is 1.99. The maximum Gasteiger partial charge on any atom is 0.0863 e. The van der Waals surface area contributed by atoms with E-state index in [0.29, 0.717) is 0 Å². The summed E-state index contributed by atoms with van der Waals surface area (Å²) in [6.07, 6.45) is 13.2. The van der Waals surface area contributed by atoms with Crippen LogP contribution in [-0.4, -0.2) is 12.3 Å². The Morgan fingerprint density at radius 3 is 2.54 bits per heavy atom. The van der Waals surface area contributed by atoms with Gasteiger partial charge >= 0.3 is 0 Å². The summed E-state index contributed by atoms with van der Waals surface area (Å²) >= 11 is 0. The first-order chi connectivity index (χ1) is 6.14. The molecule has 1 nitrogen and oxygen atoms in total. The minimum absolute atomic E-state index is 0.131. The van der Waals surface area contributed by atoms with Gasteiger partial charge in [-0.15, -0.1) is 6.58 Å². The molecule has 0 saturated heterocycles. The molecule has 0 amide bonds. The molecule has 0 aromatic heterocycles. The molecule has 0 unspecified atom stereocenters. The lowest BCUT2D eigenvalue weighted by atomic mass is 9.91. The van der Waals surface area contributed by atoms with Gasteiger partial charge in [0.1, 0.15) is 0 Å². The fraction of sp³-hybridized carbons (Fsp3) is 0.417. The van der Waals surface area contributed by atoms with Gasteiger partial charge in [0.25, 0.3) is 0 Å². The van der Waals surface area contributed by atoms with E-state index in [1.807, 2.05) is 24.4 Å². The number of aliphatic imine (C=N–C) groups is 1. The van der Waals surface area contributed by atoms with E-state index in [9.17, 15) is 0 Å². The molecular formula is C12H17N. The summed E-state index contributed by atoms with van der Waals surface area (Å²) in [5, 5.41) is 0. The fourth-order valence-corrected chi connectivity index (χ4v) is 1.23. The highest BCUT2D eigenvalue weighted by atomic mass is 14.8. The molecule has 0 aromatic carbocycles. The first kappa shape index (κ1) is 9.97. The van der Waals surface area contributed by atoms with Crippen LogP contribution in [0.25, 0.3) is 0 Å². The Balaban J connectivity index is 2.50. The van der Waals surface area contributed by atoms with Crippen LogP contribution in [0.15, 0.2) is 42.0 Å². The third kappa shape index (κ3) is 3.41. The van der Waals surface area contributed by atoms with Gasteiger partial charge in [-0.3, -0.25) is 4.99 Å². The van der Waals surface area contributed by atoms with Gasteiger partial charge in [0, 0.05) is 11.6 Å². The number of nitrogens with zero attached hydrogens (tertiary/aromatic N) is 1. The van der Waals surface area contributed by atoms with E-state index < -0.39 is 0 Å². The summed E-state index contributed by atoms with van der Waals surface area (Å²) < 4.78 is 0. The molecule has 1 rings (SSSR count). The predicted molar refractivity (Wildman–Crippen MR) is 59.2 cm³/mol. The first-order valence-electron chi connectivity index (χ1n) is 4.64. The summed E-state index contributed by atoms with van der Waals surface area (Å²) in [5.74, 6) is 0. The van der Waals surface area contributed by atoms with Crippen LogP contribution in [0.2, 0.25) is 0 Å². The van der Waals surface area contributed by atoms with Gasteiger partial charge in [-0.2, -0.15) is 0 Å². The van der Waals surface area contributed by atoms with Gasteiger partial charge in [-0.25, -0.2) is 0 Å². The van der Waals surface area contributed by atoms with Crippen LogP contribution in [0.1, 0.15) is 20.3 Å². The normalized spacial score (nSPS) is 17.4. The lowest BCUT2D eigenvalue weighted by Gasteiger charge is -2.16. The van der Waals surface area contributed by atoms with E-state index in [4.69, 9.17) is 0 Å². The van der Waals surface area contributed by atoms with E-state index in [2.05, 4.69) is 37.6 Å². The van der Waals surface area contributed by atoms with Gasteiger partial charge < -0.3 is 0 Å². The average molecular weight is 175 g/mol. The number of hydrogen-bond donors (Lipinski definition) is 0. The molecule has 1 aliphatic rings. The van der Waals surface area contributed by atoms with E-state index in [-0.39, 0.29) is 11.5 Å². The van der Waals surface area contributed by atoms with Gasteiger partial charge in [0.15, 0.2) is 0 Å². The highest BCUT2D eigenvalue weighted by molar-refractivity contribution is 5.65. The average Bonchev–Trinajstić information content (AvgIpc) is 2.52. The van der Waals surface area contributed by atoms with Crippen molar-refractivity contribution in [2.24, 2.45) is 10.4 Å². The van der Waals surface area contributed by atoms with E-state index in [1.54, 1.807) is 0 Å². The predicted octanol–water partition coefficient (Wildman–Crippen LogP) is 3.15. The Morgan fingerprint density at radius 2 is 2.00 bits per heavy atom. The highest BCUT2D eigenvalue weighted by Crippen LogP contribution is 2.18. The maximum atomic E-state index is 4.47. The van der Waals surface area contributed by atoms with Crippen molar-refractivity contribution in [2.45, 2.75) is 26.3 Å². The van der Waals surface area contributed by atoms with Crippen LogP contribution < -0.4 is 0 Å². The molecule has 0 N–H and O–H groups in total. The molecule has 0 aliphatic heterocycles. The maximum absolute atomic E-state index is 4.47. The van der Waals surface area contributed by atoms with E-state index in [0.717, 1.165) is 6.42 Å². The zero-order valence-corrected chi connectivity index (χ0v) is 8.40. The van der Waals surface area contributed by atoms with Gasteiger partial charge in [-0.1, -0.05) is 44.2 Å². The van der Waals surface area contributed by atoms with E-state index in [1.165, 1.54) is 0 Å². The van der Waals surface area contributed by atoms with Crippen LogP contribution in [0, 0.1) is 5.41 Å². The molecule has 0 spiro atoms. The molecule has 0 radical (unpaired) electrons. The second-order valence-corrected chi connectivity index (χ2v) is 4.02. The van der Waals surface area contributed by atoms with Crippen molar-refractivity contribution < 1.29 is 0 Å². The highest BCUT2D eigenvalue weighted by Gasteiger charge is 2.12. The Hall–Kier alpha value is -1.11. The Kier molecular flexibility index (Phi) is 3.24. The van der Waals surface area contributed by atoms with Crippen molar-refractivity contribution in [1.29, 1.82) is 0 Å². The quantitative estimate of drug-likeness (QED) is 0.460. The molecule has 0 atom stereocenters. The summed E-state index contributed by atoms with van der Waals surface area (Å²) in [7, 11) is 0. The largest absolute Gasteiger partial charge is 0.285 e. The van der Waals surface area contributed by atoms with Crippen molar-refractivity contribution in [3.05, 3.63) is 37.0 Å². The summed E-state index contributed by atoms with van der Waals surface area (Å²) in [6, 6.07) is 0.254. The lowest BCUT2D eigenvalue weighted by Crippen LogP contribution is -2.12. The summed E-state index contributed by atoms with van der Waals surface area (Å²) in [5.41, 5.74) is 0.131. The third-order valence-electron chi connectivity index (χ3n) is 1.99. The Labute approximate surface area is 80.6 Å². The molecule has 0 saturated carbocycles. The SMILES string of the molecule is C=CCC(C)(C)C=NC1C=CC=C1.